The average molecular weight is 320 g/mol. The second-order valence-electron chi connectivity index (χ2n) is 5.76. The molecular formula is C18H32N4O. The predicted molar refractivity (Wildman–Crippen MR) is 98.0 cm³/mol. The van der Waals surface area contributed by atoms with Gasteiger partial charge in [-0.05, 0) is 32.9 Å². The minimum Gasteiger partial charge on any atom is -0.385 e. The molecule has 0 bridgehead atoms. The van der Waals surface area contributed by atoms with E-state index in [0.717, 1.165) is 45.2 Å². The Labute approximate surface area is 141 Å². The first-order chi connectivity index (χ1) is 11.2. The standard InChI is InChI=1S/C18H32N4O/c1-5-19-18(20-10-12-22(3)11-7-13-23-4)21-15-17-9-6-8-16(2)14-17/h6,8-9,14H,5,7,10-13,15H2,1-4H3,(H2,19,20,21). The molecule has 0 amide bonds. The summed E-state index contributed by atoms with van der Waals surface area (Å²) in [6.45, 7) is 9.48. The fourth-order valence-electron chi connectivity index (χ4n) is 2.28. The van der Waals surface area contributed by atoms with Crippen LogP contribution in [-0.4, -0.2) is 57.8 Å². The lowest BCUT2D eigenvalue weighted by Gasteiger charge is -2.18. The second-order valence-corrected chi connectivity index (χ2v) is 5.76. The molecule has 130 valence electrons. The highest BCUT2D eigenvalue weighted by atomic mass is 16.5. The second kappa shape index (κ2) is 11.9. The van der Waals surface area contributed by atoms with Gasteiger partial charge in [-0.2, -0.15) is 0 Å². The van der Waals surface area contributed by atoms with E-state index in [1.165, 1.54) is 11.1 Å². The first-order valence-electron chi connectivity index (χ1n) is 8.41. The molecule has 1 rings (SSSR count). The fraction of sp³-hybridized carbons (Fsp3) is 0.611. The summed E-state index contributed by atoms with van der Waals surface area (Å²) in [6, 6.07) is 8.48. The van der Waals surface area contributed by atoms with Crippen LogP contribution < -0.4 is 10.6 Å². The number of aliphatic imine (C=N–C) groups is 1. The van der Waals surface area contributed by atoms with Gasteiger partial charge in [0.25, 0.3) is 0 Å². The van der Waals surface area contributed by atoms with Crippen molar-refractivity contribution >= 4 is 5.96 Å². The van der Waals surface area contributed by atoms with Crippen LogP contribution in [0.15, 0.2) is 29.3 Å². The Morgan fingerprint density at radius 3 is 2.78 bits per heavy atom. The highest BCUT2D eigenvalue weighted by Gasteiger charge is 2.01. The average Bonchev–Trinajstić information content (AvgIpc) is 2.53. The van der Waals surface area contributed by atoms with Crippen molar-refractivity contribution in [2.75, 3.05) is 46.9 Å². The Kier molecular flexibility index (Phi) is 10.1. The molecule has 0 fully saturated rings. The molecule has 0 atom stereocenters. The van der Waals surface area contributed by atoms with Crippen molar-refractivity contribution < 1.29 is 4.74 Å². The molecule has 2 N–H and O–H groups in total. The molecule has 23 heavy (non-hydrogen) atoms. The predicted octanol–water partition coefficient (Wildman–Crippen LogP) is 2.02. The van der Waals surface area contributed by atoms with E-state index in [0.29, 0.717) is 6.54 Å². The van der Waals surface area contributed by atoms with Gasteiger partial charge < -0.3 is 20.3 Å². The van der Waals surface area contributed by atoms with Crippen molar-refractivity contribution in [3.63, 3.8) is 0 Å². The number of methoxy groups -OCH3 is 1. The number of benzene rings is 1. The van der Waals surface area contributed by atoms with Crippen LogP contribution in [0.3, 0.4) is 0 Å². The molecule has 0 heterocycles. The molecule has 0 aliphatic rings. The normalized spacial score (nSPS) is 11.8. The Bertz CT molecular complexity index is 462. The smallest absolute Gasteiger partial charge is 0.191 e. The summed E-state index contributed by atoms with van der Waals surface area (Å²) < 4.78 is 5.08. The van der Waals surface area contributed by atoms with Gasteiger partial charge >= 0.3 is 0 Å². The number of nitrogens with one attached hydrogen (secondary N) is 2. The summed E-state index contributed by atoms with van der Waals surface area (Å²) in [5, 5.41) is 6.69. The van der Waals surface area contributed by atoms with E-state index in [4.69, 9.17) is 4.74 Å². The van der Waals surface area contributed by atoms with Crippen LogP contribution in [0.1, 0.15) is 24.5 Å². The number of ether oxygens (including phenoxy) is 1. The summed E-state index contributed by atoms with van der Waals surface area (Å²) in [5.41, 5.74) is 2.51. The minimum absolute atomic E-state index is 0.695. The zero-order chi connectivity index (χ0) is 16.9. The van der Waals surface area contributed by atoms with Crippen LogP contribution in [0.5, 0.6) is 0 Å². The number of likely N-dealkylation sites (N-methyl/N-ethyl adjacent to an activating group) is 1. The van der Waals surface area contributed by atoms with Gasteiger partial charge in [0.2, 0.25) is 0 Å². The molecule has 0 unspecified atom stereocenters. The number of nitrogens with zero attached hydrogens (tertiary/aromatic N) is 2. The lowest BCUT2D eigenvalue weighted by Crippen LogP contribution is -2.41. The molecular weight excluding hydrogens is 288 g/mol. The van der Waals surface area contributed by atoms with E-state index in [-0.39, 0.29) is 0 Å². The molecule has 0 radical (unpaired) electrons. The van der Waals surface area contributed by atoms with Gasteiger partial charge in [0.1, 0.15) is 0 Å². The first kappa shape index (κ1) is 19.5. The highest BCUT2D eigenvalue weighted by molar-refractivity contribution is 5.79. The molecule has 0 saturated carbocycles. The largest absolute Gasteiger partial charge is 0.385 e. The zero-order valence-electron chi connectivity index (χ0n) is 15.1. The third-order valence-electron chi connectivity index (χ3n) is 3.52. The minimum atomic E-state index is 0.695. The topological polar surface area (TPSA) is 48.9 Å². The molecule has 0 saturated heterocycles. The summed E-state index contributed by atoms with van der Waals surface area (Å²) in [7, 11) is 3.88. The van der Waals surface area contributed by atoms with Gasteiger partial charge in [-0.1, -0.05) is 29.8 Å². The molecule has 0 spiro atoms. The lowest BCUT2D eigenvalue weighted by molar-refractivity contribution is 0.180. The van der Waals surface area contributed by atoms with Gasteiger partial charge in [0.05, 0.1) is 6.54 Å². The molecule has 0 aliphatic heterocycles. The molecule has 1 aromatic rings. The van der Waals surface area contributed by atoms with Crippen molar-refractivity contribution in [2.45, 2.75) is 26.8 Å². The van der Waals surface area contributed by atoms with Gasteiger partial charge in [0.15, 0.2) is 5.96 Å². The van der Waals surface area contributed by atoms with Crippen LogP contribution in [0.25, 0.3) is 0 Å². The molecule has 0 aromatic heterocycles. The van der Waals surface area contributed by atoms with E-state index in [2.05, 4.69) is 65.7 Å². The molecule has 1 aromatic carbocycles. The number of aryl methyl sites for hydroxylation is 1. The number of rotatable bonds is 10. The van der Waals surface area contributed by atoms with E-state index in [1.54, 1.807) is 7.11 Å². The maximum Gasteiger partial charge on any atom is 0.191 e. The van der Waals surface area contributed by atoms with Crippen LogP contribution >= 0.6 is 0 Å². The monoisotopic (exact) mass is 320 g/mol. The zero-order valence-corrected chi connectivity index (χ0v) is 15.1. The molecule has 5 nitrogen and oxygen atoms in total. The maximum absolute atomic E-state index is 5.08. The number of hydrogen-bond acceptors (Lipinski definition) is 3. The summed E-state index contributed by atoms with van der Waals surface area (Å²) >= 11 is 0. The quantitative estimate of drug-likeness (QED) is 0.393. The third-order valence-corrected chi connectivity index (χ3v) is 3.52. The number of guanidine groups is 1. The Morgan fingerprint density at radius 2 is 2.09 bits per heavy atom. The van der Waals surface area contributed by atoms with E-state index < -0.39 is 0 Å². The van der Waals surface area contributed by atoms with Crippen LogP contribution in [0.2, 0.25) is 0 Å². The van der Waals surface area contributed by atoms with Crippen molar-refractivity contribution in [3.05, 3.63) is 35.4 Å². The summed E-state index contributed by atoms with van der Waals surface area (Å²) in [6.07, 6.45) is 1.06. The summed E-state index contributed by atoms with van der Waals surface area (Å²) in [5.74, 6) is 0.874. The van der Waals surface area contributed by atoms with Crippen molar-refractivity contribution in [1.29, 1.82) is 0 Å². The van der Waals surface area contributed by atoms with Crippen LogP contribution in [-0.2, 0) is 11.3 Å². The maximum atomic E-state index is 5.08. The lowest BCUT2D eigenvalue weighted by atomic mass is 10.1. The van der Waals surface area contributed by atoms with Gasteiger partial charge in [-0.25, -0.2) is 4.99 Å². The third kappa shape index (κ3) is 9.21. The Hall–Kier alpha value is -1.59. The number of hydrogen-bond donors (Lipinski definition) is 2. The Balaban J connectivity index is 2.37. The summed E-state index contributed by atoms with van der Waals surface area (Å²) in [4.78, 5) is 6.95. The van der Waals surface area contributed by atoms with E-state index >= 15 is 0 Å². The molecule has 5 heteroatoms. The van der Waals surface area contributed by atoms with E-state index in [1.807, 2.05) is 0 Å². The van der Waals surface area contributed by atoms with Crippen molar-refractivity contribution in [3.8, 4) is 0 Å². The first-order valence-corrected chi connectivity index (χ1v) is 8.41. The van der Waals surface area contributed by atoms with Crippen molar-refractivity contribution in [1.82, 2.24) is 15.5 Å². The van der Waals surface area contributed by atoms with E-state index in [9.17, 15) is 0 Å². The van der Waals surface area contributed by atoms with Gasteiger partial charge in [-0.15, -0.1) is 0 Å². The highest BCUT2D eigenvalue weighted by Crippen LogP contribution is 2.04. The van der Waals surface area contributed by atoms with Crippen LogP contribution in [0.4, 0.5) is 0 Å². The Morgan fingerprint density at radius 1 is 1.26 bits per heavy atom. The molecule has 0 aliphatic carbocycles. The fourth-order valence-corrected chi connectivity index (χ4v) is 2.28. The van der Waals surface area contributed by atoms with Crippen molar-refractivity contribution in [2.24, 2.45) is 4.99 Å². The van der Waals surface area contributed by atoms with Crippen LogP contribution in [0, 0.1) is 6.92 Å². The van der Waals surface area contributed by atoms with Gasteiger partial charge in [0, 0.05) is 39.9 Å². The van der Waals surface area contributed by atoms with Gasteiger partial charge in [-0.3, -0.25) is 0 Å². The SMILES string of the molecule is CCNC(=NCc1cccc(C)c1)NCCN(C)CCCOC.